The molecule has 4 nitrogen and oxygen atoms in total. The van der Waals surface area contributed by atoms with Gasteiger partial charge in [0.1, 0.15) is 6.33 Å². The van der Waals surface area contributed by atoms with Crippen molar-refractivity contribution >= 4 is 11.8 Å². The summed E-state index contributed by atoms with van der Waals surface area (Å²) in [5.41, 5.74) is 5.56. The first-order valence-corrected chi connectivity index (χ1v) is 7.66. The fraction of sp³-hybridized carbons (Fsp3) is 0.467. The van der Waals surface area contributed by atoms with E-state index in [-0.39, 0.29) is 5.41 Å². The summed E-state index contributed by atoms with van der Waals surface area (Å²) in [6.07, 6.45) is 1.52. The van der Waals surface area contributed by atoms with E-state index in [1.807, 2.05) is 0 Å². The summed E-state index contributed by atoms with van der Waals surface area (Å²) in [5, 5.41) is 8.53. The van der Waals surface area contributed by atoms with Crippen LogP contribution in [-0.2, 0) is 11.2 Å². The molecular formula is C15H22N4S. The van der Waals surface area contributed by atoms with Gasteiger partial charge in [0.25, 0.3) is 0 Å². The molecule has 0 radical (unpaired) electrons. The molecule has 0 amide bonds. The summed E-state index contributed by atoms with van der Waals surface area (Å²) >= 11 is 1.61. The number of rotatable bonds is 3. The SMILES string of the molecule is Cc1cc(C(C)(C)C)cc(C)c1CSc1nncn1N. The minimum Gasteiger partial charge on any atom is -0.336 e. The zero-order valence-corrected chi connectivity index (χ0v) is 13.6. The molecule has 0 unspecified atom stereocenters. The molecule has 0 aliphatic carbocycles. The third kappa shape index (κ3) is 3.15. The fourth-order valence-electron chi connectivity index (χ4n) is 2.13. The van der Waals surface area contributed by atoms with Gasteiger partial charge in [-0.2, -0.15) is 0 Å². The summed E-state index contributed by atoms with van der Waals surface area (Å²) in [6.45, 7) is 11.1. The van der Waals surface area contributed by atoms with E-state index >= 15 is 0 Å². The number of nitrogen functional groups attached to an aromatic ring is 1. The van der Waals surface area contributed by atoms with Gasteiger partial charge in [0.15, 0.2) is 0 Å². The van der Waals surface area contributed by atoms with Crippen molar-refractivity contribution < 1.29 is 0 Å². The van der Waals surface area contributed by atoms with Crippen molar-refractivity contribution in [3.8, 4) is 0 Å². The van der Waals surface area contributed by atoms with Gasteiger partial charge in [0.2, 0.25) is 5.16 Å². The van der Waals surface area contributed by atoms with Crippen LogP contribution in [0.25, 0.3) is 0 Å². The Bertz CT molecular complexity index is 588. The van der Waals surface area contributed by atoms with Crippen molar-refractivity contribution in [3.05, 3.63) is 40.7 Å². The Morgan fingerprint density at radius 3 is 2.25 bits per heavy atom. The lowest BCUT2D eigenvalue weighted by Gasteiger charge is -2.22. The van der Waals surface area contributed by atoms with Gasteiger partial charge in [-0.3, -0.25) is 0 Å². The number of nitrogens with zero attached hydrogens (tertiary/aromatic N) is 3. The molecule has 2 N–H and O–H groups in total. The lowest BCUT2D eigenvalue weighted by Crippen LogP contribution is -2.12. The van der Waals surface area contributed by atoms with E-state index in [1.54, 1.807) is 11.8 Å². The highest BCUT2D eigenvalue weighted by atomic mass is 32.2. The van der Waals surface area contributed by atoms with Crippen LogP contribution in [0, 0.1) is 13.8 Å². The van der Waals surface area contributed by atoms with E-state index in [0.717, 1.165) is 10.9 Å². The average molecular weight is 290 g/mol. The molecule has 0 saturated carbocycles. The second-order valence-electron chi connectivity index (χ2n) is 6.15. The molecule has 0 aliphatic heterocycles. The Balaban J connectivity index is 2.23. The Morgan fingerprint density at radius 2 is 1.80 bits per heavy atom. The van der Waals surface area contributed by atoms with E-state index in [4.69, 9.17) is 5.84 Å². The molecule has 108 valence electrons. The predicted octanol–water partition coefficient (Wildman–Crippen LogP) is 3.20. The molecule has 20 heavy (non-hydrogen) atoms. The summed E-state index contributed by atoms with van der Waals surface area (Å²) < 4.78 is 1.46. The number of aryl methyl sites for hydroxylation is 2. The normalized spacial score (nSPS) is 11.8. The Labute approximate surface area is 124 Å². The van der Waals surface area contributed by atoms with Crippen LogP contribution in [0.15, 0.2) is 23.6 Å². The second-order valence-corrected chi connectivity index (χ2v) is 7.09. The first kappa shape index (κ1) is 14.9. The van der Waals surface area contributed by atoms with Gasteiger partial charge in [-0.05, 0) is 41.5 Å². The Kier molecular flexibility index (Phi) is 4.09. The summed E-state index contributed by atoms with van der Waals surface area (Å²) in [6, 6.07) is 4.58. The van der Waals surface area contributed by atoms with Crippen LogP contribution in [0.2, 0.25) is 0 Å². The van der Waals surface area contributed by atoms with Crippen molar-refractivity contribution in [1.82, 2.24) is 14.9 Å². The van der Waals surface area contributed by atoms with Crippen molar-refractivity contribution in [2.24, 2.45) is 0 Å². The summed E-state index contributed by atoms with van der Waals surface area (Å²) in [5.74, 6) is 6.59. The predicted molar refractivity (Wildman–Crippen MR) is 84.3 cm³/mol. The topological polar surface area (TPSA) is 56.7 Å². The maximum Gasteiger partial charge on any atom is 0.209 e. The van der Waals surface area contributed by atoms with Gasteiger partial charge in [-0.15, -0.1) is 10.2 Å². The van der Waals surface area contributed by atoms with Gasteiger partial charge in [-0.1, -0.05) is 44.7 Å². The molecule has 2 rings (SSSR count). The van der Waals surface area contributed by atoms with Crippen LogP contribution in [0.1, 0.15) is 43.0 Å². The van der Waals surface area contributed by atoms with Gasteiger partial charge in [0.05, 0.1) is 0 Å². The first-order chi connectivity index (χ1) is 9.29. The van der Waals surface area contributed by atoms with Crippen LogP contribution in [0.4, 0.5) is 0 Å². The first-order valence-electron chi connectivity index (χ1n) is 6.67. The second kappa shape index (κ2) is 5.48. The highest BCUT2D eigenvalue weighted by molar-refractivity contribution is 7.98. The van der Waals surface area contributed by atoms with E-state index in [0.29, 0.717) is 0 Å². The number of hydrogen-bond donors (Lipinski definition) is 1. The molecule has 5 heteroatoms. The van der Waals surface area contributed by atoms with Crippen molar-refractivity contribution in [2.75, 3.05) is 5.84 Å². The molecule has 0 fully saturated rings. The number of thioether (sulfide) groups is 1. The molecule has 1 heterocycles. The maximum atomic E-state index is 5.73. The molecular weight excluding hydrogens is 268 g/mol. The number of hydrogen-bond acceptors (Lipinski definition) is 4. The minimum atomic E-state index is 0.179. The van der Waals surface area contributed by atoms with Gasteiger partial charge in [0, 0.05) is 5.75 Å². The van der Waals surface area contributed by atoms with Crippen molar-refractivity contribution in [1.29, 1.82) is 0 Å². The number of benzene rings is 1. The smallest absolute Gasteiger partial charge is 0.209 e. The summed E-state index contributed by atoms with van der Waals surface area (Å²) in [4.78, 5) is 0. The quantitative estimate of drug-likeness (QED) is 0.696. The molecule has 2 aromatic rings. The van der Waals surface area contributed by atoms with Crippen LogP contribution in [0.5, 0.6) is 0 Å². The third-order valence-corrected chi connectivity index (χ3v) is 4.43. The Hall–Kier alpha value is -1.49. The van der Waals surface area contributed by atoms with E-state index in [9.17, 15) is 0 Å². The molecule has 1 aromatic carbocycles. The molecule has 0 atom stereocenters. The van der Waals surface area contributed by atoms with Crippen LogP contribution < -0.4 is 5.84 Å². The maximum absolute atomic E-state index is 5.73. The molecule has 1 aromatic heterocycles. The number of nitrogens with two attached hydrogens (primary N) is 1. The van der Waals surface area contributed by atoms with Crippen LogP contribution in [-0.4, -0.2) is 14.9 Å². The fourth-order valence-corrected chi connectivity index (χ4v) is 3.16. The number of aromatic nitrogens is 3. The Morgan fingerprint density at radius 1 is 1.20 bits per heavy atom. The zero-order valence-electron chi connectivity index (χ0n) is 12.8. The molecule has 0 spiro atoms. The summed E-state index contributed by atoms with van der Waals surface area (Å²) in [7, 11) is 0. The van der Waals surface area contributed by atoms with Crippen molar-refractivity contribution in [3.63, 3.8) is 0 Å². The van der Waals surface area contributed by atoms with Gasteiger partial charge < -0.3 is 5.84 Å². The highest BCUT2D eigenvalue weighted by Crippen LogP contribution is 2.30. The van der Waals surface area contributed by atoms with Gasteiger partial charge >= 0.3 is 0 Å². The largest absolute Gasteiger partial charge is 0.336 e. The highest BCUT2D eigenvalue weighted by Gasteiger charge is 2.16. The minimum absolute atomic E-state index is 0.179. The molecule has 0 bridgehead atoms. The average Bonchev–Trinajstić information content (AvgIpc) is 2.72. The van der Waals surface area contributed by atoms with E-state index < -0.39 is 0 Å². The third-order valence-electron chi connectivity index (χ3n) is 3.45. The van der Waals surface area contributed by atoms with Crippen molar-refractivity contribution in [2.45, 2.75) is 50.9 Å². The lowest BCUT2D eigenvalue weighted by molar-refractivity contribution is 0.589. The van der Waals surface area contributed by atoms with E-state index in [1.165, 1.54) is 33.3 Å². The van der Waals surface area contributed by atoms with Gasteiger partial charge in [-0.25, -0.2) is 4.68 Å². The lowest BCUT2D eigenvalue weighted by atomic mass is 9.84. The standard InChI is InChI=1S/C15H22N4S/c1-10-6-12(15(3,4)5)7-11(2)13(10)8-20-14-18-17-9-19(14)16/h6-7,9H,8,16H2,1-5H3. The monoisotopic (exact) mass is 290 g/mol. The molecule has 0 saturated heterocycles. The van der Waals surface area contributed by atoms with Crippen LogP contribution in [0.3, 0.4) is 0 Å². The van der Waals surface area contributed by atoms with E-state index in [2.05, 4.69) is 56.9 Å². The van der Waals surface area contributed by atoms with Crippen LogP contribution >= 0.6 is 11.8 Å². The zero-order chi connectivity index (χ0) is 14.9. The molecule has 0 aliphatic rings.